The molecule has 2 amide bonds. The van der Waals surface area contributed by atoms with Gasteiger partial charge in [-0.2, -0.15) is 0 Å². The van der Waals surface area contributed by atoms with Crippen LogP contribution in [0.4, 0.5) is 11.4 Å². The molecule has 1 fully saturated rings. The van der Waals surface area contributed by atoms with Gasteiger partial charge >= 0.3 is 0 Å². The maximum atomic E-state index is 12.8. The summed E-state index contributed by atoms with van der Waals surface area (Å²) in [5.41, 5.74) is 7.20. The molecule has 2 aromatic rings. The van der Waals surface area contributed by atoms with Crippen LogP contribution in [0, 0.1) is 40.5 Å². The van der Waals surface area contributed by atoms with Crippen LogP contribution in [-0.4, -0.2) is 18.4 Å². The third kappa shape index (κ3) is 3.50. The van der Waals surface area contributed by atoms with Gasteiger partial charge < -0.3 is 10.2 Å². The standard InChI is InChI=1S/C22H26N2O2/c1-13-6-7-15(3)19(10-13)24-12-18(11-20(24)25)22(26)23-21-16(4)8-14(2)9-17(21)5/h6-10,18H,11-12H2,1-5H3,(H,23,26). The summed E-state index contributed by atoms with van der Waals surface area (Å²) in [5.74, 6) is -0.403. The van der Waals surface area contributed by atoms with Crippen molar-refractivity contribution in [2.24, 2.45) is 5.92 Å². The Balaban J connectivity index is 1.78. The molecule has 26 heavy (non-hydrogen) atoms. The van der Waals surface area contributed by atoms with E-state index in [2.05, 4.69) is 17.4 Å². The summed E-state index contributed by atoms with van der Waals surface area (Å²) in [5, 5.41) is 3.05. The first-order valence-corrected chi connectivity index (χ1v) is 9.02. The third-order valence-corrected chi connectivity index (χ3v) is 5.08. The molecule has 1 saturated heterocycles. The van der Waals surface area contributed by atoms with Crippen molar-refractivity contribution in [3.63, 3.8) is 0 Å². The van der Waals surface area contributed by atoms with Crippen molar-refractivity contribution in [3.8, 4) is 0 Å². The topological polar surface area (TPSA) is 49.4 Å². The van der Waals surface area contributed by atoms with Crippen LogP contribution in [-0.2, 0) is 9.59 Å². The molecule has 0 aliphatic carbocycles. The van der Waals surface area contributed by atoms with Crippen molar-refractivity contribution in [1.29, 1.82) is 0 Å². The van der Waals surface area contributed by atoms with Crippen molar-refractivity contribution >= 4 is 23.2 Å². The van der Waals surface area contributed by atoms with E-state index in [0.717, 1.165) is 33.6 Å². The highest BCUT2D eigenvalue weighted by molar-refractivity contribution is 6.04. The Hall–Kier alpha value is -2.62. The van der Waals surface area contributed by atoms with Crippen LogP contribution >= 0.6 is 0 Å². The molecular formula is C22H26N2O2. The molecule has 1 unspecified atom stereocenters. The lowest BCUT2D eigenvalue weighted by atomic mass is 10.0. The Labute approximate surface area is 155 Å². The lowest BCUT2D eigenvalue weighted by Gasteiger charge is -2.20. The fourth-order valence-corrected chi connectivity index (χ4v) is 3.73. The van der Waals surface area contributed by atoms with E-state index in [1.807, 2.05) is 52.8 Å². The van der Waals surface area contributed by atoms with E-state index in [4.69, 9.17) is 0 Å². The highest BCUT2D eigenvalue weighted by atomic mass is 16.2. The molecule has 0 radical (unpaired) electrons. The minimum atomic E-state index is -0.331. The quantitative estimate of drug-likeness (QED) is 0.901. The molecule has 1 aliphatic rings. The summed E-state index contributed by atoms with van der Waals surface area (Å²) in [6.07, 6.45) is 0.253. The molecule has 1 heterocycles. The van der Waals surface area contributed by atoms with Crippen LogP contribution in [0.3, 0.4) is 0 Å². The van der Waals surface area contributed by atoms with E-state index in [9.17, 15) is 9.59 Å². The van der Waals surface area contributed by atoms with E-state index >= 15 is 0 Å². The second-order valence-electron chi connectivity index (χ2n) is 7.46. The maximum Gasteiger partial charge on any atom is 0.229 e. The fourth-order valence-electron chi connectivity index (χ4n) is 3.73. The molecular weight excluding hydrogens is 324 g/mol. The number of nitrogens with zero attached hydrogens (tertiary/aromatic N) is 1. The van der Waals surface area contributed by atoms with E-state index < -0.39 is 0 Å². The zero-order valence-corrected chi connectivity index (χ0v) is 16.1. The van der Waals surface area contributed by atoms with Gasteiger partial charge in [-0.3, -0.25) is 9.59 Å². The third-order valence-electron chi connectivity index (χ3n) is 5.08. The molecule has 3 rings (SSSR count). The normalized spacial score (nSPS) is 16.9. The highest BCUT2D eigenvalue weighted by Crippen LogP contribution is 2.30. The Morgan fingerprint density at radius 2 is 1.62 bits per heavy atom. The zero-order valence-electron chi connectivity index (χ0n) is 16.1. The van der Waals surface area contributed by atoms with Gasteiger partial charge in [-0.25, -0.2) is 0 Å². The molecule has 1 N–H and O–H groups in total. The van der Waals surface area contributed by atoms with Gasteiger partial charge in [0.2, 0.25) is 11.8 Å². The highest BCUT2D eigenvalue weighted by Gasteiger charge is 2.36. The van der Waals surface area contributed by atoms with Crippen LogP contribution in [0.5, 0.6) is 0 Å². The molecule has 1 aliphatic heterocycles. The summed E-state index contributed by atoms with van der Waals surface area (Å²) >= 11 is 0. The summed E-state index contributed by atoms with van der Waals surface area (Å²) < 4.78 is 0. The average Bonchev–Trinajstić information content (AvgIpc) is 2.95. The number of amides is 2. The minimum absolute atomic E-state index is 0.0104. The van der Waals surface area contributed by atoms with Crippen LogP contribution in [0.15, 0.2) is 30.3 Å². The molecule has 4 heteroatoms. The molecule has 0 aromatic heterocycles. The Bertz CT molecular complexity index is 863. The molecule has 0 bridgehead atoms. The number of hydrogen-bond donors (Lipinski definition) is 1. The first-order valence-electron chi connectivity index (χ1n) is 9.02. The maximum absolute atomic E-state index is 12.8. The van der Waals surface area contributed by atoms with Gasteiger partial charge in [0.25, 0.3) is 0 Å². The second-order valence-corrected chi connectivity index (χ2v) is 7.46. The summed E-state index contributed by atoms with van der Waals surface area (Å²) in [6, 6.07) is 10.2. The number of rotatable bonds is 3. The number of aryl methyl sites for hydroxylation is 5. The Morgan fingerprint density at radius 3 is 2.27 bits per heavy atom. The van der Waals surface area contributed by atoms with Gasteiger partial charge in [-0.15, -0.1) is 0 Å². The molecule has 0 saturated carbocycles. The predicted octanol–water partition coefficient (Wildman–Crippen LogP) is 4.22. The van der Waals surface area contributed by atoms with E-state index in [-0.39, 0.29) is 24.2 Å². The Morgan fingerprint density at radius 1 is 0.962 bits per heavy atom. The first-order chi connectivity index (χ1) is 12.3. The van der Waals surface area contributed by atoms with Crippen molar-refractivity contribution < 1.29 is 9.59 Å². The summed E-state index contributed by atoms with van der Waals surface area (Å²) in [7, 11) is 0. The Kier molecular flexibility index (Phi) is 4.86. The number of carbonyl (C=O) groups excluding carboxylic acids is 2. The SMILES string of the molecule is Cc1cc(C)c(NC(=O)C2CC(=O)N(c3cc(C)ccc3C)C2)c(C)c1. The molecule has 2 aromatic carbocycles. The van der Waals surface area contributed by atoms with Crippen molar-refractivity contribution in [3.05, 3.63) is 58.1 Å². The van der Waals surface area contributed by atoms with E-state index in [1.165, 1.54) is 5.56 Å². The van der Waals surface area contributed by atoms with E-state index in [0.29, 0.717) is 6.54 Å². The van der Waals surface area contributed by atoms with Crippen LogP contribution in [0.25, 0.3) is 0 Å². The fraction of sp³-hybridized carbons (Fsp3) is 0.364. The number of hydrogen-bond acceptors (Lipinski definition) is 2. The molecule has 4 nitrogen and oxygen atoms in total. The number of anilines is 2. The van der Waals surface area contributed by atoms with E-state index in [1.54, 1.807) is 4.90 Å². The van der Waals surface area contributed by atoms with Crippen molar-refractivity contribution in [2.45, 2.75) is 41.0 Å². The largest absolute Gasteiger partial charge is 0.325 e. The predicted molar refractivity (Wildman–Crippen MR) is 106 cm³/mol. The zero-order chi connectivity index (χ0) is 19.0. The van der Waals surface area contributed by atoms with Gasteiger partial charge in [0.15, 0.2) is 0 Å². The van der Waals surface area contributed by atoms with Gasteiger partial charge in [-0.05, 0) is 62.9 Å². The van der Waals surface area contributed by atoms with Gasteiger partial charge in [0.05, 0.1) is 5.92 Å². The first kappa shape index (κ1) is 18.2. The lowest BCUT2D eigenvalue weighted by Crippen LogP contribution is -2.29. The monoisotopic (exact) mass is 350 g/mol. The van der Waals surface area contributed by atoms with Gasteiger partial charge in [-0.1, -0.05) is 29.8 Å². The van der Waals surface area contributed by atoms with Crippen molar-refractivity contribution in [2.75, 3.05) is 16.8 Å². The minimum Gasteiger partial charge on any atom is -0.325 e. The van der Waals surface area contributed by atoms with Crippen molar-refractivity contribution in [1.82, 2.24) is 0 Å². The molecule has 1 atom stereocenters. The number of nitrogens with one attached hydrogen (secondary N) is 1. The summed E-state index contributed by atoms with van der Waals surface area (Å²) in [6.45, 7) is 10.5. The van der Waals surface area contributed by atoms with Crippen LogP contribution < -0.4 is 10.2 Å². The molecule has 136 valence electrons. The van der Waals surface area contributed by atoms with Crippen LogP contribution in [0.1, 0.15) is 34.2 Å². The van der Waals surface area contributed by atoms with Gasteiger partial charge in [0.1, 0.15) is 0 Å². The smallest absolute Gasteiger partial charge is 0.229 e. The number of benzene rings is 2. The average molecular weight is 350 g/mol. The molecule has 0 spiro atoms. The number of carbonyl (C=O) groups is 2. The second kappa shape index (κ2) is 6.94. The van der Waals surface area contributed by atoms with Gasteiger partial charge in [0, 0.05) is 24.3 Å². The lowest BCUT2D eigenvalue weighted by molar-refractivity contribution is -0.122. The summed E-state index contributed by atoms with van der Waals surface area (Å²) in [4.78, 5) is 27.1. The van der Waals surface area contributed by atoms with Crippen LogP contribution in [0.2, 0.25) is 0 Å².